The first-order chi connectivity index (χ1) is 19.0. The van der Waals surface area contributed by atoms with Gasteiger partial charge in [0.05, 0.1) is 23.9 Å². The van der Waals surface area contributed by atoms with Gasteiger partial charge in [0.15, 0.2) is 0 Å². The van der Waals surface area contributed by atoms with Crippen molar-refractivity contribution in [3.8, 4) is 0 Å². The molecule has 0 aromatic carbocycles. The summed E-state index contributed by atoms with van der Waals surface area (Å²) in [6, 6.07) is 0.213. The number of rotatable bonds is 8. The molecule has 0 aromatic heterocycles. The van der Waals surface area contributed by atoms with Gasteiger partial charge in [-0.1, -0.05) is 23.8 Å². The molecule has 0 aromatic rings. The monoisotopic (exact) mass is 555 g/mol. The minimum atomic E-state index is -0.597. The molecule has 2 saturated carbocycles. The number of hydrogen-bond acceptors (Lipinski definition) is 6. The van der Waals surface area contributed by atoms with E-state index < -0.39 is 5.60 Å². The van der Waals surface area contributed by atoms with E-state index in [1.54, 1.807) is 17.1 Å². The van der Waals surface area contributed by atoms with Crippen LogP contribution in [0.2, 0.25) is 0 Å². The summed E-state index contributed by atoms with van der Waals surface area (Å²) in [7, 11) is 2.06. The van der Waals surface area contributed by atoms with Crippen LogP contribution in [0.25, 0.3) is 0 Å². The van der Waals surface area contributed by atoms with Gasteiger partial charge >= 0.3 is 6.09 Å². The van der Waals surface area contributed by atoms with Crippen molar-refractivity contribution in [3.05, 3.63) is 36.0 Å². The normalized spacial score (nSPS) is 33.9. The van der Waals surface area contributed by atoms with Crippen molar-refractivity contribution >= 4 is 12.0 Å². The van der Waals surface area contributed by atoms with Crippen molar-refractivity contribution in [2.24, 2.45) is 5.92 Å². The molecule has 2 aliphatic carbocycles. The average Bonchev–Trinajstić information content (AvgIpc) is 3.84. The van der Waals surface area contributed by atoms with Crippen LogP contribution < -0.4 is 5.32 Å². The van der Waals surface area contributed by atoms with Gasteiger partial charge in [0, 0.05) is 51.1 Å². The summed E-state index contributed by atoms with van der Waals surface area (Å²) in [5, 5.41) is 3.17. The quantitative estimate of drug-likeness (QED) is 0.264. The predicted molar refractivity (Wildman–Crippen MR) is 155 cm³/mol. The zero-order chi connectivity index (χ0) is 28.4. The Kier molecular flexibility index (Phi) is 8.79. The number of allylic oxidation sites excluding steroid dienone is 3. The lowest BCUT2D eigenvalue weighted by molar-refractivity contribution is -0.117. The van der Waals surface area contributed by atoms with Crippen molar-refractivity contribution in [3.63, 3.8) is 0 Å². The molecule has 1 N–H and O–H groups in total. The highest BCUT2D eigenvalue weighted by molar-refractivity contribution is 5.88. The number of likely N-dealkylation sites (N-methyl/N-ethyl adjacent to an activating group) is 1. The smallest absolute Gasteiger partial charge is 0.410 e. The van der Waals surface area contributed by atoms with E-state index in [1.165, 1.54) is 5.57 Å². The van der Waals surface area contributed by atoms with Gasteiger partial charge in [-0.2, -0.15) is 0 Å². The number of nitrogens with one attached hydrogen (secondary N) is 1. The first-order valence-electron chi connectivity index (χ1n) is 15.4. The van der Waals surface area contributed by atoms with Crippen LogP contribution in [0.5, 0.6) is 0 Å². The van der Waals surface area contributed by atoms with Crippen LogP contribution >= 0.6 is 0 Å². The summed E-state index contributed by atoms with van der Waals surface area (Å²) >= 11 is 0. The summed E-state index contributed by atoms with van der Waals surface area (Å²) < 4.78 is 17.8. The van der Waals surface area contributed by atoms with E-state index in [0.717, 1.165) is 77.5 Å². The predicted octanol–water partition coefficient (Wildman–Crippen LogP) is 4.75. The van der Waals surface area contributed by atoms with Crippen LogP contribution in [0.3, 0.4) is 0 Å². The topological polar surface area (TPSA) is 83.6 Å². The highest BCUT2D eigenvalue weighted by atomic mass is 16.6. The molecule has 8 heteroatoms. The molecule has 1 spiro atoms. The van der Waals surface area contributed by atoms with E-state index in [4.69, 9.17) is 14.2 Å². The van der Waals surface area contributed by atoms with Crippen molar-refractivity contribution in [1.29, 1.82) is 0 Å². The Hall–Kier alpha value is -2.16. The van der Waals surface area contributed by atoms with Crippen molar-refractivity contribution < 1.29 is 23.8 Å². The summed E-state index contributed by atoms with van der Waals surface area (Å²) in [5.41, 5.74) is 0.595. The molecular weight excluding hydrogens is 506 g/mol. The van der Waals surface area contributed by atoms with Crippen LogP contribution in [0.1, 0.15) is 78.6 Å². The second-order valence-electron chi connectivity index (χ2n) is 13.6. The van der Waals surface area contributed by atoms with E-state index in [1.807, 2.05) is 0 Å². The number of epoxide rings is 1. The molecule has 40 heavy (non-hydrogen) atoms. The summed E-state index contributed by atoms with van der Waals surface area (Å²) in [6.07, 6.45) is 18.8. The molecule has 5 fully saturated rings. The lowest BCUT2D eigenvalue weighted by Gasteiger charge is -2.38. The number of amides is 2. The molecule has 0 bridgehead atoms. The van der Waals surface area contributed by atoms with Crippen molar-refractivity contribution in [1.82, 2.24) is 15.1 Å². The number of ether oxygens (including phenoxy) is 3. The van der Waals surface area contributed by atoms with Gasteiger partial charge in [-0.25, -0.2) is 4.79 Å². The SMILES string of the molecule is CC(/C=C/[C@@H]1C[C@]2(CO2)CC(C)(C)O1)=C\C[C@H]1CC[C@@H](NC(=O)/C=C\C2(OC(=O)N3CCN(C)CC3)CC2)CC1. The molecule has 5 aliphatic rings. The van der Waals surface area contributed by atoms with Crippen LogP contribution in [-0.4, -0.2) is 90.6 Å². The first-order valence-corrected chi connectivity index (χ1v) is 15.4. The van der Waals surface area contributed by atoms with Gasteiger partial charge in [0.25, 0.3) is 0 Å². The Morgan fingerprint density at radius 2 is 1.75 bits per heavy atom. The molecule has 0 radical (unpaired) electrons. The van der Waals surface area contributed by atoms with Gasteiger partial charge < -0.3 is 29.3 Å². The Balaban J connectivity index is 0.994. The van der Waals surface area contributed by atoms with E-state index in [2.05, 4.69) is 56.3 Å². The highest BCUT2D eigenvalue weighted by Gasteiger charge is 2.53. The van der Waals surface area contributed by atoms with E-state index in [9.17, 15) is 9.59 Å². The van der Waals surface area contributed by atoms with Crippen molar-refractivity contribution in [2.75, 3.05) is 39.8 Å². The molecule has 0 unspecified atom stereocenters. The molecule has 222 valence electrons. The number of hydrogen-bond donors (Lipinski definition) is 1. The average molecular weight is 556 g/mol. The minimum absolute atomic E-state index is 0.0505. The summed E-state index contributed by atoms with van der Waals surface area (Å²) in [5.74, 6) is 0.571. The van der Waals surface area contributed by atoms with Crippen LogP contribution in [0.15, 0.2) is 36.0 Å². The fourth-order valence-electron chi connectivity index (χ4n) is 6.49. The van der Waals surface area contributed by atoms with E-state index in [-0.39, 0.29) is 35.3 Å². The largest absolute Gasteiger partial charge is 0.439 e. The van der Waals surface area contributed by atoms with Gasteiger partial charge in [0.1, 0.15) is 5.60 Å². The number of carbonyl (C=O) groups excluding carboxylic acids is 2. The Bertz CT molecular complexity index is 1000. The first kappa shape index (κ1) is 29.3. The fourth-order valence-corrected chi connectivity index (χ4v) is 6.49. The summed E-state index contributed by atoms with van der Waals surface area (Å²) in [6.45, 7) is 10.5. The molecule has 2 atom stereocenters. The van der Waals surface area contributed by atoms with Crippen LogP contribution in [0.4, 0.5) is 4.79 Å². The Morgan fingerprint density at radius 3 is 2.40 bits per heavy atom. The number of carbonyl (C=O) groups is 2. The zero-order valence-electron chi connectivity index (χ0n) is 25.0. The number of nitrogens with zero attached hydrogens (tertiary/aromatic N) is 2. The lowest BCUT2D eigenvalue weighted by Crippen LogP contribution is -2.48. The fraction of sp³-hybridized carbons (Fsp3) is 0.750. The van der Waals surface area contributed by atoms with Gasteiger partial charge in [0.2, 0.25) is 5.91 Å². The van der Waals surface area contributed by atoms with Gasteiger partial charge in [-0.15, -0.1) is 0 Å². The third-order valence-electron chi connectivity index (χ3n) is 9.22. The lowest BCUT2D eigenvalue weighted by atomic mass is 9.83. The van der Waals surface area contributed by atoms with Crippen LogP contribution in [0, 0.1) is 5.92 Å². The molecule has 3 saturated heterocycles. The van der Waals surface area contributed by atoms with Gasteiger partial charge in [-0.05, 0) is 84.8 Å². The highest BCUT2D eigenvalue weighted by Crippen LogP contribution is 2.46. The van der Waals surface area contributed by atoms with E-state index >= 15 is 0 Å². The maximum atomic E-state index is 12.6. The molecule has 8 nitrogen and oxygen atoms in total. The zero-order valence-corrected chi connectivity index (χ0v) is 25.0. The van der Waals surface area contributed by atoms with Crippen molar-refractivity contribution in [2.45, 2.75) is 108 Å². The molecule has 5 rings (SSSR count). The summed E-state index contributed by atoms with van der Waals surface area (Å²) in [4.78, 5) is 29.1. The Labute approximate surface area is 240 Å². The molecule has 3 aliphatic heterocycles. The maximum absolute atomic E-state index is 12.6. The standard InChI is InChI=1S/C32H49N3O5/c1-24(6-12-27-21-32(23-38-32)22-30(2,3)39-27)5-7-25-8-10-26(11-9-25)33-28(36)13-14-31(15-16-31)40-29(37)35-19-17-34(4)18-20-35/h5-6,12-14,25-27H,7-11,15-23H2,1-4H3,(H,33,36)/b12-6+,14-13-,24-5+/t25-,26+,27-,32-/m1/s1. The van der Waals surface area contributed by atoms with E-state index in [0.29, 0.717) is 19.0 Å². The molecule has 2 amide bonds. The molecular formula is C32H49N3O5. The number of piperazine rings is 1. The minimum Gasteiger partial charge on any atom is -0.439 e. The van der Waals surface area contributed by atoms with Gasteiger partial charge in [-0.3, -0.25) is 4.79 Å². The Morgan fingerprint density at radius 1 is 1.05 bits per heavy atom. The second kappa shape index (κ2) is 12.0. The van der Waals surface area contributed by atoms with Crippen LogP contribution in [-0.2, 0) is 19.0 Å². The molecule has 3 heterocycles. The maximum Gasteiger partial charge on any atom is 0.410 e. The second-order valence-corrected chi connectivity index (χ2v) is 13.6. The third kappa shape index (κ3) is 8.20. The third-order valence-corrected chi connectivity index (χ3v) is 9.22.